The highest BCUT2D eigenvalue weighted by Gasteiger charge is 2.23. The van der Waals surface area contributed by atoms with Crippen molar-refractivity contribution in [3.8, 4) is 0 Å². The van der Waals surface area contributed by atoms with Crippen molar-refractivity contribution < 1.29 is 17.6 Å². The summed E-state index contributed by atoms with van der Waals surface area (Å²) in [4.78, 5) is 13.8. The monoisotopic (exact) mass is 340 g/mol. The Balaban J connectivity index is 1.74. The minimum Gasteiger partial charge on any atom is -0.408 e. The Hall–Kier alpha value is -1.64. The molecule has 8 heteroatoms. The van der Waals surface area contributed by atoms with E-state index in [9.17, 15) is 13.2 Å². The number of H-pyrrole nitrogens is 1. The maximum atomic E-state index is 12.6. The highest BCUT2D eigenvalue weighted by atomic mass is 32.2. The van der Waals surface area contributed by atoms with Gasteiger partial charge in [-0.2, -0.15) is 0 Å². The molecule has 1 unspecified atom stereocenters. The third-order valence-electron chi connectivity index (χ3n) is 4.14. The molecule has 0 amide bonds. The van der Waals surface area contributed by atoms with Crippen LogP contribution in [0.25, 0.3) is 11.1 Å². The Bertz CT molecular complexity index is 833. The van der Waals surface area contributed by atoms with Gasteiger partial charge in [-0.05, 0) is 37.8 Å². The van der Waals surface area contributed by atoms with Gasteiger partial charge in [-0.3, -0.25) is 4.98 Å². The number of benzene rings is 1. The van der Waals surface area contributed by atoms with Crippen LogP contribution in [0.4, 0.5) is 0 Å². The van der Waals surface area contributed by atoms with Gasteiger partial charge in [0.1, 0.15) is 0 Å². The lowest BCUT2D eigenvalue weighted by molar-refractivity contribution is 0.00950. The van der Waals surface area contributed by atoms with Gasteiger partial charge in [0.25, 0.3) is 0 Å². The lowest BCUT2D eigenvalue weighted by Crippen LogP contribution is -2.31. The number of nitrogens with one attached hydrogen (secondary N) is 1. The first kappa shape index (κ1) is 16.2. The Morgan fingerprint density at radius 2 is 2.17 bits per heavy atom. The van der Waals surface area contributed by atoms with Crippen LogP contribution < -0.4 is 5.76 Å². The zero-order valence-electron chi connectivity index (χ0n) is 12.9. The van der Waals surface area contributed by atoms with E-state index in [1.54, 1.807) is 7.05 Å². The SMILES string of the molecule is CN(CCC1CCCCO1)S(=O)(=O)c1ccc2[nH]c(=O)oc2c1. The van der Waals surface area contributed by atoms with Crippen molar-refractivity contribution in [1.82, 2.24) is 9.29 Å². The quantitative estimate of drug-likeness (QED) is 0.894. The first-order valence-electron chi connectivity index (χ1n) is 7.67. The summed E-state index contributed by atoms with van der Waals surface area (Å²) in [7, 11) is -2.07. The number of sulfonamides is 1. The number of nitrogens with zero attached hydrogens (tertiary/aromatic N) is 1. The van der Waals surface area contributed by atoms with Crippen LogP contribution in [0.15, 0.2) is 32.3 Å². The molecule has 1 atom stereocenters. The Kier molecular flexibility index (Phi) is 4.56. The van der Waals surface area contributed by atoms with Crippen molar-refractivity contribution in [2.24, 2.45) is 0 Å². The second kappa shape index (κ2) is 6.46. The topological polar surface area (TPSA) is 92.6 Å². The predicted molar refractivity (Wildman–Crippen MR) is 84.9 cm³/mol. The highest BCUT2D eigenvalue weighted by Crippen LogP contribution is 2.21. The smallest absolute Gasteiger partial charge is 0.408 e. The minimum absolute atomic E-state index is 0.111. The van der Waals surface area contributed by atoms with Crippen LogP contribution in [0.5, 0.6) is 0 Å². The number of fused-ring (bicyclic) bond motifs is 1. The molecule has 7 nitrogen and oxygen atoms in total. The molecular weight excluding hydrogens is 320 g/mol. The van der Waals surface area contributed by atoms with Gasteiger partial charge in [-0.1, -0.05) is 0 Å². The van der Waals surface area contributed by atoms with Crippen molar-refractivity contribution >= 4 is 21.1 Å². The summed E-state index contributed by atoms with van der Waals surface area (Å²) in [5.74, 6) is -0.600. The molecule has 1 aliphatic rings. The zero-order chi connectivity index (χ0) is 16.4. The standard InChI is InChI=1S/C15H20N2O5S/c1-17(8-7-11-4-2-3-9-21-11)23(19,20)12-5-6-13-14(10-12)22-15(18)16-13/h5-6,10-11H,2-4,7-9H2,1H3,(H,16,18). The maximum absolute atomic E-state index is 12.6. The van der Waals surface area contributed by atoms with Crippen LogP contribution in [-0.2, 0) is 14.8 Å². The van der Waals surface area contributed by atoms with E-state index in [0.29, 0.717) is 18.5 Å². The lowest BCUT2D eigenvalue weighted by Gasteiger charge is -2.25. The molecule has 1 aromatic heterocycles. The third-order valence-corrected chi connectivity index (χ3v) is 5.99. The molecule has 1 N–H and O–H groups in total. The fourth-order valence-corrected chi connectivity index (χ4v) is 3.95. The molecule has 1 fully saturated rings. The molecule has 3 rings (SSSR count). The Labute approximate surface area is 134 Å². The van der Waals surface area contributed by atoms with Crippen LogP contribution in [0.2, 0.25) is 0 Å². The van der Waals surface area contributed by atoms with Gasteiger partial charge in [-0.15, -0.1) is 0 Å². The summed E-state index contributed by atoms with van der Waals surface area (Å²) in [6.07, 6.45) is 3.99. The second-order valence-electron chi connectivity index (χ2n) is 5.78. The van der Waals surface area contributed by atoms with Gasteiger partial charge >= 0.3 is 5.76 Å². The number of ether oxygens (including phenoxy) is 1. The first-order valence-corrected chi connectivity index (χ1v) is 9.11. The molecule has 2 heterocycles. The van der Waals surface area contributed by atoms with Crippen LogP contribution in [0, 0.1) is 0 Å². The van der Waals surface area contributed by atoms with Crippen molar-refractivity contribution in [1.29, 1.82) is 0 Å². The van der Waals surface area contributed by atoms with Crippen molar-refractivity contribution in [2.45, 2.75) is 36.7 Å². The number of aromatic nitrogens is 1. The van der Waals surface area contributed by atoms with Crippen LogP contribution in [0.1, 0.15) is 25.7 Å². The van der Waals surface area contributed by atoms with Crippen LogP contribution in [-0.4, -0.2) is 44.0 Å². The Morgan fingerprint density at radius 1 is 1.35 bits per heavy atom. The number of hydrogen-bond acceptors (Lipinski definition) is 5. The minimum atomic E-state index is -3.62. The molecule has 1 aliphatic heterocycles. The largest absolute Gasteiger partial charge is 0.417 e. The second-order valence-corrected chi connectivity index (χ2v) is 7.82. The van der Waals surface area contributed by atoms with Crippen LogP contribution >= 0.6 is 0 Å². The molecule has 126 valence electrons. The number of oxazole rings is 1. The van der Waals surface area contributed by atoms with E-state index in [0.717, 1.165) is 25.9 Å². The molecule has 0 saturated carbocycles. The van der Waals surface area contributed by atoms with Gasteiger partial charge in [0.15, 0.2) is 5.58 Å². The van der Waals surface area contributed by atoms with Gasteiger partial charge in [-0.25, -0.2) is 17.5 Å². The maximum Gasteiger partial charge on any atom is 0.417 e. The van der Waals surface area contributed by atoms with E-state index in [-0.39, 0.29) is 16.6 Å². The molecule has 0 aliphatic carbocycles. The average molecular weight is 340 g/mol. The molecule has 0 radical (unpaired) electrons. The summed E-state index contributed by atoms with van der Waals surface area (Å²) in [6.45, 7) is 1.15. The van der Waals surface area contributed by atoms with Crippen LogP contribution in [0.3, 0.4) is 0 Å². The van der Waals surface area contributed by atoms with Gasteiger partial charge in [0.2, 0.25) is 10.0 Å². The fourth-order valence-electron chi connectivity index (χ4n) is 2.75. The van der Waals surface area contributed by atoms with E-state index in [4.69, 9.17) is 9.15 Å². The molecule has 23 heavy (non-hydrogen) atoms. The number of hydrogen-bond donors (Lipinski definition) is 1. The van der Waals surface area contributed by atoms with Crippen molar-refractivity contribution in [3.63, 3.8) is 0 Å². The summed E-state index contributed by atoms with van der Waals surface area (Å²) < 4.78 is 37.1. The summed E-state index contributed by atoms with van der Waals surface area (Å²) in [6, 6.07) is 4.37. The van der Waals surface area contributed by atoms with Gasteiger partial charge in [0, 0.05) is 26.3 Å². The fraction of sp³-hybridized carbons (Fsp3) is 0.533. The third kappa shape index (κ3) is 3.49. The van der Waals surface area contributed by atoms with E-state index in [2.05, 4.69) is 4.98 Å². The average Bonchev–Trinajstić information content (AvgIpc) is 2.92. The highest BCUT2D eigenvalue weighted by molar-refractivity contribution is 7.89. The summed E-state index contributed by atoms with van der Waals surface area (Å²) in [5.41, 5.74) is 0.715. The lowest BCUT2D eigenvalue weighted by atomic mass is 10.1. The van der Waals surface area contributed by atoms with Gasteiger partial charge in [0.05, 0.1) is 16.5 Å². The molecule has 1 aromatic carbocycles. The molecular formula is C15H20N2O5S. The predicted octanol–water partition coefficient (Wildman–Crippen LogP) is 1.70. The number of aromatic amines is 1. The number of rotatable bonds is 5. The normalized spacial score (nSPS) is 19.5. The summed E-state index contributed by atoms with van der Waals surface area (Å²) in [5, 5.41) is 0. The van der Waals surface area contributed by atoms with E-state index < -0.39 is 15.8 Å². The molecule has 0 bridgehead atoms. The molecule has 1 saturated heterocycles. The summed E-state index contributed by atoms with van der Waals surface area (Å²) >= 11 is 0. The molecule has 2 aromatic rings. The first-order chi connectivity index (χ1) is 11.0. The Morgan fingerprint density at radius 3 is 2.91 bits per heavy atom. The van der Waals surface area contributed by atoms with E-state index >= 15 is 0 Å². The van der Waals surface area contributed by atoms with E-state index in [1.165, 1.54) is 22.5 Å². The van der Waals surface area contributed by atoms with E-state index in [1.807, 2.05) is 0 Å². The zero-order valence-corrected chi connectivity index (χ0v) is 13.8. The van der Waals surface area contributed by atoms with Crippen molar-refractivity contribution in [3.05, 3.63) is 28.7 Å². The molecule has 0 spiro atoms. The van der Waals surface area contributed by atoms with Gasteiger partial charge < -0.3 is 9.15 Å². The van der Waals surface area contributed by atoms with Crippen molar-refractivity contribution in [2.75, 3.05) is 20.2 Å².